The van der Waals surface area contributed by atoms with Gasteiger partial charge in [-0.1, -0.05) is 12.1 Å². The Balaban J connectivity index is 1.83. The number of benzene rings is 3. The first-order valence-electron chi connectivity index (χ1n) is 14.5. The molecule has 47 heavy (non-hydrogen) atoms. The molecule has 6 N–H and O–H groups in total. The number of nitrogens with one attached hydrogen (secondary N) is 2. The van der Waals surface area contributed by atoms with Gasteiger partial charge in [0.05, 0.1) is 48.4 Å². The van der Waals surface area contributed by atoms with E-state index in [1.165, 1.54) is 41.8 Å². The number of ether oxygens (including phenoxy) is 6. The second kappa shape index (κ2) is 17.1. The van der Waals surface area contributed by atoms with Gasteiger partial charge in [0.2, 0.25) is 5.75 Å². The zero-order valence-corrected chi connectivity index (χ0v) is 27.7. The number of anilines is 2. The van der Waals surface area contributed by atoms with Crippen molar-refractivity contribution in [2.45, 2.75) is 6.92 Å². The molecule has 0 aromatic heterocycles. The van der Waals surface area contributed by atoms with Crippen molar-refractivity contribution in [3.05, 3.63) is 95.2 Å². The highest BCUT2D eigenvalue weighted by Gasteiger charge is 2.20. The number of nitrogen functional groups attached to an aromatic ring is 2. The molecule has 0 saturated heterocycles. The van der Waals surface area contributed by atoms with Crippen LogP contribution >= 0.6 is 0 Å². The molecule has 0 radical (unpaired) electrons. The Morgan fingerprint density at radius 3 is 1.81 bits per heavy atom. The monoisotopic (exact) mass is 646 g/mol. The highest BCUT2D eigenvalue weighted by atomic mass is 16.5. The lowest BCUT2D eigenvalue weighted by atomic mass is 9.97. The zero-order chi connectivity index (χ0) is 34.5. The number of hydrogen-bond acceptors (Lipinski definition) is 10. The van der Waals surface area contributed by atoms with Crippen LogP contribution in [0.1, 0.15) is 33.2 Å². The molecule has 0 heterocycles. The van der Waals surface area contributed by atoms with Gasteiger partial charge >= 0.3 is 0 Å². The predicted octanol–water partition coefficient (Wildman–Crippen LogP) is 4.77. The average molecular weight is 647 g/mol. The van der Waals surface area contributed by atoms with E-state index in [-0.39, 0.29) is 19.0 Å². The van der Waals surface area contributed by atoms with Crippen LogP contribution in [0, 0.1) is 0 Å². The Morgan fingerprint density at radius 2 is 1.28 bits per heavy atom. The molecule has 12 heteroatoms. The van der Waals surface area contributed by atoms with Crippen LogP contribution in [0.25, 0.3) is 16.7 Å². The summed E-state index contributed by atoms with van der Waals surface area (Å²) < 4.78 is 32.3. The van der Waals surface area contributed by atoms with Gasteiger partial charge in [-0.05, 0) is 77.7 Å². The van der Waals surface area contributed by atoms with Gasteiger partial charge in [-0.3, -0.25) is 9.59 Å². The summed E-state index contributed by atoms with van der Waals surface area (Å²) >= 11 is 0. The van der Waals surface area contributed by atoms with Gasteiger partial charge in [-0.25, -0.2) is 0 Å². The molecule has 0 saturated carbocycles. The molecule has 0 fully saturated rings. The van der Waals surface area contributed by atoms with Crippen LogP contribution in [0.4, 0.5) is 11.4 Å². The highest BCUT2D eigenvalue weighted by Crippen LogP contribution is 2.42. The van der Waals surface area contributed by atoms with E-state index < -0.39 is 5.91 Å². The Hall–Kier alpha value is -5.78. The number of carbonyl (C=O) groups is 2. The first kappa shape index (κ1) is 35.7. The molecule has 0 bridgehead atoms. The highest BCUT2D eigenvalue weighted by molar-refractivity contribution is 6.03. The Kier molecular flexibility index (Phi) is 13.0. The standard InChI is InChI=1S/C35H42N4O8/c1-21(43-3)14-22(15-26(44-4)20-42-2)27-10-8-24(36)18-29(27)34(40)38-12-13-39-35(41)30-19-25(37)9-11-28(30)23-16-31(45-5)33(47-7)32(17-23)46-6/h8-11,14-20H,12-13,36-37H2,1-7H3,(H,38,40)(H,39,41)/b21-14+,22-15+,26-20-. The Labute approximate surface area is 274 Å². The van der Waals surface area contributed by atoms with E-state index >= 15 is 0 Å². The summed E-state index contributed by atoms with van der Waals surface area (Å²) in [5.41, 5.74) is 16.0. The molecule has 0 atom stereocenters. The summed E-state index contributed by atoms with van der Waals surface area (Å²) in [5.74, 6) is 1.54. The number of hydrogen-bond donors (Lipinski definition) is 4. The molecule has 12 nitrogen and oxygen atoms in total. The molecule has 250 valence electrons. The van der Waals surface area contributed by atoms with E-state index in [4.69, 9.17) is 39.9 Å². The fourth-order valence-corrected chi connectivity index (χ4v) is 4.67. The molecule has 0 aliphatic heterocycles. The lowest BCUT2D eigenvalue weighted by Crippen LogP contribution is -2.35. The SMILES string of the molecule is CO/C=C(/C=C(\C=C(/C)OC)c1ccc(N)cc1C(=O)NCCNC(=O)c1cc(N)ccc1-c1cc(OC)c(OC)c(OC)c1)OC. The minimum atomic E-state index is -0.396. The molecule has 2 amide bonds. The number of methoxy groups -OCH3 is 6. The summed E-state index contributed by atoms with van der Waals surface area (Å²) in [4.78, 5) is 26.9. The number of allylic oxidation sites excluding steroid dienone is 4. The van der Waals surface area contributed by atoms with Crippen molar-refractivity contribution in [2.24, 2.45) is 0 Å². The Morgan fingerprint density at radius 1 is 0.702 bits per heavy atom. The maximum absolute atomic E-state index is 13.5. The zero-order valence-electron chi connectivity index (χ0n) is 27.7. The van der Waals surface area contributed by atoms with E-state index in [0.29, 0.717) is 73.5 Å². The van der Waals surface area contributed by atoms with Crippen LogP contribution in [-0.4, -0.2) is 67.6 Å². The lowest BCUT2D eigenvalue weighted by Gasteiger charge is -2.16. The molecule has 3 aromatic rings. The van der Waals surface area contributed by atoms with Crippen LogP contribution in [0.5, 0.6) is 17.2 Å². The molecular formula is C35H42N4O8. The van der Waals surface area contributed by atoms with Gasteiger partial charge in [0.25, 0.3) is 11.8 Å². The Bertz CT molecular complexity index is 1650. The molecule has 3 rings (SSSR count). The van der Waals surface area contributed by atoms with Crippen LogP contribution in [-0.2, 0) is 14.2 Å². The van der Waals surface area contributed by atoms with Crippen molar-refractivity contribution in [3.63, 3.8) is 0 Å². The van der Waals surface area contributed by atoms with E-state index in [9.17, 15) is 9.59 Å². The topological polar surface area (TPSA) is 166 Å². The van der Waals surface area contributed by atoms with Crippen molar-refractivity contribution >= 4 is 28.8 Å². The van der Waals surface area contributed by atoms with Gasteiger partial charge in [0, 0.05) is 35.6 Å². The van der Waals surface area contributed by atoms with Crippen molar-refractivity contribution in [2.75, 3.05) is 67.2 Å². The van der Waals surface area contributed by atoms with Gasteiger partial charge in [0.1, 0.15) is 6.26 Å². The minimum Gasteiger partial charge on any atom is -0.501 e. The second-order valence-electron chi connectivity index (χ2n) is 10.1. The summed E-state index contributed by atoms with van der Waals surface area (Å²) in [6.07, 6.45) is 4.91. The first-order valence-corrected chi connectivity index (χ1v) is 14.5. The van der Waals surface area contributed by atoms with E-state index in [2.05, 4.69) is 10.6 Å². The normalized spacial score (nSPS) is 11.8. The molecule has 0 unspecified atom stereocenters. The summed E-state index contributed by atoms with van der Waals surface area (Å²) in [6, 6.07) is 13.5. The van der Waals surface area contributed by atoms with E-state index in [0.717, 1.165) is 0 Å². The van der Waals surface area contributed by atoms with E-state index in [1.807, 2.05) is 0 Å². The first-order chi connectivity index (χ1) is 22.6. The molecule has 3 aromatic carbocycles. The molecular weight excluding hydrogens is 604 g/mol. The average Bonchev–Trinajstić information content (AvgIpc) is 3.08. The maximum Gasteiger partial charge on any atom is 0.252 e. The molecule has 0 spiro atoms. The van der Waals surface area contributed by atoms with Crippen molar-refractivity contribution in [1.82, 2.24) is 10.6 Å². The van der Waals surface area contributed by atoms with Crippen molar-refractivity contribution < 1.29 is 38.0 Å². The third kappa shape index (κ3) is 9.13. The number of nitrogens with two attached hydrogens (primary N) is 2. The lowest BCUT2D eigenvalue weighted by molar-refractivity contribution is 0.0928. The van der Waals surface area contributed by atoms with Crippen LogP contribution < -0.4 is 36.3 Å². The summed E-state index contributed by atoms with van der Waals surface area (Å²) in [7, 11) is 9.11. The minimum absolute atomic E-state index is 0.125. The van der Waals surface area contributed by atoms with Gasteiger partial charge in [-0.15, -0.1) is 0 Å². The van der Waals surface area contributed by atoms with Crippen molar-refractivity contribution in [1.29, 1.82) is 0 Å². The van der Waals surface area contributed by atoms with Gasteiger partial charge in [-0.2, -0.15) is 0 Å². The predicted molar refractivity (Wildman–Crippen MR) is 182 cm³/mol. The largest absolute Gasteiger partial charge is 0.501 e. The van der Waals surface area contributed by atoms with Gasteiger partial charge in [0.15, 0.2) is 17.3 Å². The maximum atomic E-state index is 13.5. The third-order valence-electron chi connectivity index (χ3n) is 7.01. The molecule has 0 aliphatic carbocycles. The van der Waals surface area contributed by atoms with Crippen LogP contribution in [0.15, 0.2) is 78.5 Å². The fourth-order valence-electron chi connectivity index (χ4n) is 4.67. The van der Waals surface area contributed by atoms with Gasteiger partial charge < -0.3 is 50.5 Å². The van der Waals surface area contributed by atoms with Crippen molar-refractivity contribution in [3.8, 4) is 28.4 Å². The van der Waals surface area contributed by atoms with Crippen LogP contribution in [0.3, 0.4) is 0 Å². The quantitative estimate of drug-likeness (QED) is 0.0782. The number of carbonyl (C=O) groups excluding carboxylic acids is 2. The summed E-state index contributed by atoms with van der Waals surface area (Å²) in [5, 5.41) is 5.71. The second-order valence-corrected chi connectivity index (χ2v) is 10.1. The van der Waals surface area contributed by atoms with E-state index in [1.54, 1.807) is 74.7 Å². The smallest absolute Gasteiger partial charge is 0.252 e. The third-order valence-corrected chi connectivity index (χ3v) is 7.01. The van der Waals surface area contributed by atoms with Crippen LogP contribution in [0.2, 0.25) is 0 Å². The molecule has 0 aliphatic rings. The number of rotatable bonds is 15. The number of amides is 2. The summed E-state index contributed by atoms with van der Waals surface area (Å²) in [6.45, 7) is 2.04. The fraction of sp³-hybridized carbons (Fsp3) is 0.257.